The molecule has 3 N–H and O–H groups in total. The van der Waals surface area contributed by atoms with E-state index in [-0.39, 0.29) is 0 Å². The molecule has 3 aromatic rings. The number of nitrogens with one attached hydrogen (secondary N) is 1. The van der Waals surface area contributed by atoms with Crippen LogP contribution in [-0.2, 0) is 6.54 Å². The van der Waals surface area contributed by atoms with Crippen molar-refractivity contribution < 1.29 is 0 Å². The number of thiophene rings is 1. The van der Waals surface area contributed by atoms with E-state index < -0.39 is 0 Å². The monoisotopic (exact) mass is 479 g/mol. The summed E-state index contributed by atoms with van der Waals surface area (Å²) in [7, 11) is 0. The fourth-order valence-electron chi connectivity index (χ4n) is 2.69. The molecule has 4 rings (SSSR count). The highest BCUT2D eigenvalue weighted by molar-refractivity contribution is 9.10. The van der Waals surface area contributed by atoms with Gasteiger partial charge in [0.2, 0.25) is 0 Å². The smallest absolute Gasteiger partial charge is 0.131 e. The molecule has 0 bridgehead atoms. The molecule has 6 heteroatoms. The lowest BCUT2D eigenvalue weighted by molar-refractivity contribution is 0.606. The van der Waals surface area contributed by atoms with Gasteiger partial charge in [-0.15, -0.1) is 11.3 Å². The van der Waals surface area contributed by atoms with Crippen molar-refractivity contribution in [2.24, 2.45) is 5.73 Å². The van der Waals surface area contributed by atoms with Gasteiger partial charge in [0.05, 0.1) is 20.4 Å². The summed E-state index contributed by atoms with van der Waals surface area (Å²) in [6.45, 7) is 4.77. The molecular weight excluding hydrogens is 454 g/mol. The number of anilines is 1. The van der Waals surface area contributed by atoms with Crippen LogP contribution in [0.4, 0.5) is 5.69 Å². The van der Waals surface area contributed by atoms with Crippen LogP contribution in [-0.4, -0.2) is 11.0 Å². The van der Waals surface area contributed by atoms with Crippen LogP contribution in [0.5, 0.6) is 0 Å². The highest BCUT2D eigenvalue weighted by atomic mass is 79.9. The number of hydrogen-bond acceptors (Lipinski definition) is 4. The average Bonchev–Trinajstić information content (AvgIpc) is 3.10. The van der Waals surface area contributed by atoms with Gasteiger partial charge in [-0.1, -0.05) is 67.9 Å². The molecule has 3 nitrogen and oxygen atoms in total. The molecule has 150 valence electrons. The van der Waals surface area contributed by atoms with Crippen molar-refractivity contribution in [3.8, 4) is 0 Å². The van der Waals surface area contributed by atoms with Crippen LogP contribution in [0.25, 0.3) is 10.2 Å². The molecule has 1 unspecified atom stereocenters. The Bertz CT molecular complexity index is 880. The summed E-state index contributed by atoms with van der Waals surface area (Å²) in [6, 6.07) is 12.6. The predicted octanol–water partition coefficient (Wildman–Crippen LogP) is 7.40. The van der Waals surface area contributed by atoms with E-state index in [4.69, 9.17) is 17.3 Å². The average molecular weight is 481 g/mol. The molecule has 0 saturated heterocycles. The summed E-state index contributed by atoms with van der Waals surface area (Å²) >= 11 is 11.2. The van der Waals surface area contributed by atoms with Gasteiger partial charge in [-0.2, -0.15) is 0 Å². The van der Waals surface area contributed by atoms with Crippen LogP contribution < -0.4 is 11.1 Å². The Balaban J connectivity index is 0.000000261. The van der Waals surface area contributed by atoms with E-state index in [1.54, 1.807) is 11.3 Å². The van der Waals surface area contributed by atoms with E-state index in [1.807, 2.05) is 43.5 Å². The van der Waals surface area contributed by atoms with E-state index >= 15 is 0 Å². The van der Waals surface area contributed by atoms with Crippen molar-refractivity contribution in [3.05, 3.63) is 69.1 Å². The Morgan fingerprint density at radius 2 is 2.00 bits per heavy atom. The Hall–Kier alpha value is -1.40. The van der Waals surface area contributed by atoms with E-state index in [1.165, 1.54) is 18.4 Å². The van der Waals surface area contributed by atoms with Crippen molar-refractivity contribution in [2.45, 2.75) is 45.7 Å². The molecule has 0 saturated carbocycles. The third-order valence-corrected chi connectivity index (χ3v) is 6.19. The number of nitrogens with two attached hydrogens (primary N) is 1. The highest BCUT2D eigenvalue weighted by Gasteiger charge is 2.09. The fourth-order valence-corrected chi connectivity index (χ4v) is 4.44. The van der Waals surface area contributed by atoms with Crippen LogP contribution >= 0.6 is 38.9 Å². The lowest BCUT2D eigenvalue weighted by atomic mass is 10.0. The lowest BCUT2D eigenvalue weighted by Crippen LogP contribution is -2.19. The summed E-state index contributed by atoms with van der Waals surface area (Å²) in [4.78, 5) is 4.34. The molecule has 0 spiro atoms. The molecular formula is C22H27BrClN3S. The second kappa shape index (κ2) is 12.2. The number of hydrogen-bond donors (Lipinski definition) is 2. The van der Waals surface area contributed by atoms with Gasteiger partial charge in [0.15, 0.2) is 0 Å². The van der Waals surface area contributed by atoms with Crippen LogP contribution in [0, 0.1) is 0 Å². The predicted molar refractivity (Wildman–Crippen MR) is 128 cm³/mol. The zero-order valence-electron chi connectivity index (χ0n) is 16.3. The molecule has 1 atom stereocenters. The molecule has 0 radical (unpaired) electrons. The second-order valence-electron chi connectivity index (χ2n) is 6.14. The van der Waals surface area contributed by atoms with Crippen molar-refractivity contribution in [2.75, 3.05) is 5.32 Å². The number of halogens is 2. The molecule has 1 aliphatic rings. The summed E-state index contributed by atoms with van der Waals surface area (Å²) in [5.41, 5.74) is 8.75. The van der Waals surface area contributed by atoms with E-state index in [0.29, 0.717) is 11.2 Å². The minimum absolute atomic E-state index is 0.449. The zero-order valence-corrected chi connectivity index (χ0v) is 19.4. The highest BCUT2D eigenvalue weighted by Crippen LogP contribution is 2.35. The summed E-state index contributed by atoms with van der Waals surface area (Å²) in [5, 5.41) is 5.95. The van der Waals surface area contributed by atoms with Gasteiger partial charge >= 0.3 is 0 Å². The Morgan fingerprint density at radius 3 is 2.61 bits per heavy atom. The molecule has 28 heavy (non-hydrogen) atoms. The quantitative estimate of drug-likeness (QED) is 0.303. The summed E-state index contributed by atoms with van der Waals surface area (Å²) in [6.07, 6.45) is 7.80. The first-order valence-corrected chi connectivity index (χ1v) is 11.6. The van der Waals surface area contributed by atoms with Gasteiger partial charge in [0.25, 0.3) is 0 Å². The lowest BCUT2D eigenvalue weighted by Gasteiger charge is -2.09. The second-order valence-corrected chi connectivity index (χ2v) is 8.26. The summed E-state index contributed by atoms with van der Waals surface area (Å²) < 4.78 is 2.10. The zero-order chi connectivity index (χ0) is 20.4. The Morgan fingerprint density at radius 1 is 1.25 bits per heavy atom. The van der Waals surface area contributed by atoms with E-state index in [0.717, 1.165) is 33.3 Å². The fraction of sp³-hybridized carbons (Fsp3) is 0.318. The first kappa shape index (κ1) is 22.9. The minimum atomic E-state index is 0.449. The van der Waals surface area contributed by atoms with E-state index in [2.05, 4.69) is 50.5 Å². The largest absolute Gasteiger partial charge is 0.380 e. The topological polar surface area (TPSA) is 50.9 Å². The van der Waals surface area contributed by atoms with Gasteiger partial charge in [0.1, 0.15) is 5.15 Å². The normalized spacial score (nSPS) is 15.2. The molecule has 1 aromatic carbocycles. The Labute approximate surface area is 185 Å². The first-order chi connectivity index (χ1) is 13.6. The van der Waals surface area contributed by atoms with Crippen molar-refractivity contribution in [1.82, 2.24) is 4.98 Å². The number of aromatic nitrogens is 1. The number of allylic oxidation sites excluding steroid dienone is 1. The maximum atomic E-state index is 6.07. The maximum Gasteiger partial charge on any atom is 0.131 e. The number of fused-ring (bicyclic) bond motifs is 1. The van der Waals surface area contributed by atoms with Crippen molar-refractivity contribution in [3.63, 3.8) is 0 Å². The van der Waals surface area contributed by atoms with Crippen molar-refractivity contribution in [1.29, 1.82) is 0 Å². The van der Waals surface area contributed by atoms with Crippen LogP contribution in [0.3, 0.4) is 0 Å². The van der Waals surface area contributed by atoms with Gasteiger partial charge in [-0.05, 0) is 40.8 Å². The third-order valence-electron chi connectivity index (χ3n) is 4.08. The summed E-state index contributed by atoms with van der Waals surface area (Å²) in [5.74, 6) is 0. The van der Waals surface area contributed by atoms with E-state index in [9.17, 15) is 0 Å². The third kappa shape index (κ3) is 6.89. The van der Waals surface area contributed by atoms with Crippen LogP contribution in [0.2, 0.25) is 5.15 Å². The maximum absolute atomic E-state index is 6.07. The van der Waals surface area contributed by atoms with Crippen molar-refractivity contribution >= 4 is 54.8 Å². The van der Waals surface area contributed by atoms with Crippen LogP contribution in [0.1, 0.15) is 38.7 Å². The first-order valence-electron chi connectivity index (χ1n) is 9.55. The van der Waals surface area contributed by atoms with Gasteiger partial charge < -0.3 is 11.1 Å². The van der Waals surface area contributed by atoms with Crippen LogP contribution in [0.15, 0.2) is 58.4 Å². The molecule has 0 aliphatic heterocycles. The molecule has 2 heterocycles. The molecule has 1 aliphatic carbocycles. The van der Waals surface area contributed by atoms with Gasteiger partial charge in [-0.3, -0.25) is 0 Å². The Kier molecular flexibility index (Phi) is 9.99. The molecule has 0 fully saturated rings. The SMILES string of the molecule is CC.Clc1cc(NCc2ccccc2)c2scc(Br)c2n1.NC1CC=CCC1. The number of nitrogens with zero attached hydrogens (tertiary/aromatic N) is 1. The molecule has 0 amide bonds. The standard InChI is InChI=1S/C14H10BrClN2S.C6H11N.C2H6/c15-10-8-19-14-11(6-12(16)18-13(10)14)17-7-9-4-2-1-3-5-9;7-6-4-2-1-3-5-6;1-2/h1-6,8H,7H2,(H,17,18);1-2,6H,3-5,7H2;1-2H3. The van der Waals surface area contributed by atoms with Gasteiger partial charge in [-0.25, -0.2) is 4.98 Å². The number of pyridine rings is 1. The minimum Gasteiger partial charge on any atom is -0.380 e. The molecule has 2 aromatic heterocycles. The van der Waals surface area contributed by atoms with Gasteiger partial charge in [0, 0.05) is 24.0 Å². The number of benzene rings is 1. The number of rotatable bonds is 3.